The summed E-state index contributed by atoms with van der Waals surface area (Å²) in [5.41, 5.74) is 3.65. The highest BCUT2D eigenvalue weighted by molar-refractivity contribution is 6.08. The van der Waals surface area contributed by atoms with Gasteiger partial charge in [-0.1, -0.05) is 24.3 Å². The molecule has 8 nitrogen and oxygen atoms in total. The smallest absolute Gasteiger partial charge is 0.340 e. The number of hydrogen-bond donors (Lipinski definition) is 2. The third-order valence-electron chi connectivity index (χ3n) is 4.91. The van der Waals surface area contributed by atoms with Gasteiger partial charge in [0.1, 0.15) is 17.7 Å². The largest absolute Gasteiger partial charge is 0.497 e. The summed E-state index contributed by atoms with van der Waals surface area (Å²) in [7, 11) is 1.60. The molecule has 2 aromatic heterocycles. The highest BCUT2D eigenvalue weighted by Crippen LogP contribution is 2.30. The van der Waals surface area contributed by atoms with E-state index in [1.165, 1.54) is 12.4 Å². The summed E-state index contributed by atoms with van der Waals surface area (Å²) in [5, 5.41) is 3.42. The Hall–Kier alpha value is -4.46. The predicted molar refractivity (Wildman–Crippen MR) is 126 cm³/mol. The topological polar surface area (TPSA) is 106 Å². The molecule has 4 rings (SSSR count). The molecule has 0 bridgehead atoms. The van der Waals surface area contributed by atoms with E-state index in [0.29, 0.717) is 28.0 Å². The third kappa shape index (κ3) is 4.90. The van der Waals surface area contributed by atoms with Crippen molar-refractivity contribution < 1.29 is 19.1 Å². The first kappa shape index (κ1) is 21.8. The Morgan fingerprint density at radius 1 is 1.12 bits per heavy atom. The number of rotatable bonds is 7. The van der Waals surface area contributed by atoms with E-state index in [1.54, 1.807) is 38.4 Å². The number of esters is 1. The van der Waals surface area contributed by atoms with Gasteiger partial charge < -0.3 is 19.8 Å². The van der Waals surface area contributed by atoms with Crippen molar-refractivity contribution in [3.05, 3.63) is 78.3 Å². The molecule has 166 valence electrons. The van der Waals surface area contributed by atoms with Crippen molar-refractivity contribution in [1.29, 1.82) is 0 Å². The van der Waals surface area contributed by atoms with E-state index < -0.39 is 5.97 Å². The number of carbonyl (C=O) groups is 2. The number of hydrogen-bond acceptors (Lipinski definition) is 6. The molecule has 0 aliphatic rings. The van der Waals surface area contributed by atoms with Crippen LogP contribution in [-0.2, 0) is 9.53 Å². The van der Waals surface area contributed by atoms with Crippen LogP contribution in [0.5, 0.6) is 5.75 Å². The molecule has 0 saturated carbocycles. The van der Waals surface area contributed by atoms with Crippen LogP contribution in [0.1, 0.15) is 22.8 Å². The molecule has 0 aliphatic heterocycles. The number of H-pyrrole nitrogens is 1. The molecule has 8 heteroatoms. The lowest BCUT2D eigenvalue weighted by Crippen LogP contribution is -2.07. The average Bonchev–Trinajstić information content (AvgIpc) is 3.28. The van der Waals surface area contributed by atoms with Gasteiger partial charge in [0.2, 0.25) is 5.91 Å². The van der Waals surface area contributed by atoms with Crippen LogP contribution >= 0.6 is 0 Å². The Morgan fingerprint density at radius 2 is 1.94 bits per heavy atom. The van der Waals surface area contributed by atoms with Crippen molar-refractivity contribution in [2.75, 3.05) is 19.0 Å². The first-order valence-corrected chi connectivity index (χ1v) is 10.3. The van der Waals surface area contributed by atoms with Crippen molar-refractivity contribution in [2.24, 2.45) is 0 Å². The molecule has 33 heavy (non-hydrogen) atoms. The van der Waals surface area contributed by atoms with E-state index in [9.17, 15) is 9.59 Å². The molecule has 0 saturated heterocycles. The number of carbonyl (C=O) groups excluding carboxylic acids is 2. The van der Waals surface area contributed by atoms with E-state index >= 15 is 0 Å². The lowest BCUT2D eigenvalue weighted by atomic mass is 10.1. The van der Waals surface area contributed by atoms with Crippen LogP contribution in [0, 0.1) is 0 Å². The molecule has 2 heterocycles. The number of nitrogens with zero attached hydrogens (tertiary/aromatic N) is 2. The number of aromatic amines is 1. The van der Waals surface area contributed by atoms with Gasteiger partial charge in [-0.25, -0.2) is 14.8 Å². The molecule has 0 spiro atoms. The van der Waals surface area contributed by atoms with Crippen molar-refractivity contribution in [3.63, 3.8) is 0 Å². The number of methoxy groups -OCH3 is 1. The van der Waals surface area contributed by atoms with Gasteiger partial charge >= 0.3 is 5.97 Å². The quantitative estimate of drug-likeness (QED) is 0.323. The van der Waals surface area contributed by atoms with E-state index in [-0.39, 0.29) is 12.5 Å². The number of aromatic nitrogens is 3. The molecule has 0 atom stereocenters. The zero-order chi connectivity index (χ0) is 23.2. The van der Waals surface area contributed by atoms with Gasteiger partial charge in [0.15, 0.2) is 0 Å². The standard InChI is InChI=1S/C25H22N4O4/c1-3-33-25(31)20-14-26-24-22(20)23(27-15-28-24)17-5-4-6-18(13-17)29-21(30)12-9-16-7-10-19(32-2)11-8-16/h4-15H,3H2,1-2H3,(H,29,30)(H,26,27,28)/b12-9+. The van der Waals surface area contributed by atoms with E-state index in [1.807, 2.05) is 36.4 Å². The summed E-state index contributed by atoms with van der Waals surface area (Å²) >= 11 is 0. The molecule has 4 aromatic rings. The fraction of sp³-hybridized carbons (Fsp3) is 0.120. The van der Waals surface area contributed by atoms with Crippen LogP contribution < -0.4 is 10.1 Å². The van der Waals surface area contributed by atoms with E-state index in [2.05, 4.69) is 20.3 Å². The first-order chi connectivity index (χ1) is 16.1. The maximum absolute atomic E-state index is 12.4. The summed E-state index contributed by atoms with van der Waals surface area (Å²) < 4.78 is 10.3. The first-order valence-electron chi connectivity index (χ1n) is 10.3. The Bertz CT molecular complexity index is 1330. The normalized spacial score (nSPS) is 11.0. The summed E-state index contributed by atoms with van der Waals surface area (Å²) in [6, 6.07) is 14.6. The van der Waals surface area contributed by atoms with Gasteiger partial charge in [-0.15, -0.1) is 0 Å². The predicted octanol–water partition coefficient (Wildman–Crippen LogP) is 4.46. The van der Waals surface area contributed by atoms with Crippen LogP contribution in [0.3, 0.4) is 0 Å². The van der Waals surface area contributed by atoms with Crippen LogP contribution in [0.4, 0.5) is 5.69 Å². The van der Waals surface area contributed by atoms with Gasteiger partial charge in [-0.3, -0.25) is 4.79 Å². The number of ether oxygens (including phenoxy) is 2. The fourth-order valence-corrected chi connectivity index (χ4v) is 3.37. The number of fused-ring (bicyclic) bond motifs is 1. The van der Waals surface area contributed by atoms with E-state index in [0.717, 1.165) is 16.9 Å². The minimum absolute atomic E-state index is 0.264. The van der Waals surface area contributed by atoms with Gasteiger partial charge in [-0.2, -0.15) is 0 Å². The summed E-state index contributed by atoms with van der Waals surface area (Å²) in [6.07, 6.45) is 6.17. The minimum atomic E-state index is -0.451. The summed E-state index contributed by atoms with van der Waals surface area (Å²) in [4.78, 5) is 36.4. The molecule has 2 N–H and O–H groups in total. The molecular weight excluding hydrogens is 420 g/mol. The van der Waals surface area contributed by atoms with Crippen molar-refractivity contribution in [1.82, 2.24) is 15.0 Å². The zero-order valence-corrected chi connectivity index (χ0v) is 18.2. The lowest BCUT2D eigenvalue weighted by Gasteiger charge is -2.08. The fourth-order valence-electron chi connectivity index (χ4n) is 3.37. The number of anilines is 1. The van der Waals surface area contributed by atoms with Crippen molar-refractivity contribution >= 4 is 34.7 Å². The third-order valence-corrected chi connectivity index (χ3v) is 4.91. The summed E-state index contributed by atoms with van der Waals surface area (Å²) in [6.45, 7) is 2.01. The second kappa shape index (κ2) is 9.78. The molecule has 0 aliphatic carbocycles. The van der Waals surface area contributed by atoms with Crippen LogP contribution in [0.15, 0.2) is 67.1 Å². The number of amides is 1. The van der Waals surface area contributed by atoms with Crippen LogP contribution in [0.25, 0.3) is 28.4 Å². The minimum Gasteiger partial charge on any atom is -0.497 e. The molecule has 0 fully saturated rings. The molecule has 1 amide bonds. The van der Waals surface area contributed by atoms with Gasteiger partial charge in [-0.05, 0) is 42.8 Å². The molecule has 2 aromatic carbocycles. The van der Waals surface area contributed by atoms with Crippen molar-refractivity contribution in [3.8, 4) is 17.0 Å². The second-order valence-electron chi connectivity index (χ2n) is 7.05. The van der Waals surface area contributed by atoms with Gasteiger partial charge in [0, 0.05) is 23.5 Å². The highest BCUT2D eigenvalue weighted by Gasteiger charge is 2.19. The maximum atomic E-state index is 12.4. The monoisotopic (exact) mass is 442 g/mol. The van der Waals surface area contributed by atoms with E-state index in [4.69, 9.17) is 9.47 Å². The Kier molecular flexibility index (Phi) is 6.45. The van der Waals surface area contributed by atoms with Crippen LogP contribution in [-0.4, -0.2) is 40.5 Å². The number of nitrogens with one attached hydrogen (secondary N) is 2. The SMILES string of the molecule is CCOC(=O)c1c[nH]c2ncnc(-c3cccc(NC(=O)/C=C/c4ccc(OC)cc4)c3)c12. The Balaban J connectivity index is 1.57. The molecule has 0 radical (unpaired) electrons. The Labute approximate surface area is 190 Å². The second-order valence-corrected chi connectivity index (χ2v) is 7.05. The lowest BCUT2D eigenvalue weighted by molar-refractivity contribution is -0.111. The average molecular weight is 442 g/mol. The highest BCUT2D eigenvalue weighted by atomic mass is 16.5. The number of benzene rings is 2. The molecule has 0 unspecified atom stereocenters. The molecular formula is C25H22N4O4. The Morgan fingerprint density at radius 3 is 2.70 bits per heavy atom. The maximum Gasteiger partial charge on any atom is 0.340 e. The zero-order valence-electron chi connectivity index (χ0n) is 18.2. The van der Waals surface area contributed by atoms with Gasteiger partial charge in [0.25, 0.3) is 0 Å². The van der Waals surface area contributed by atoms with Crippen LogP contribution in [0.2, 0.25) is 0 Å². The van der Waals surface area contributed by atoms with Crippen molar-refractivity contribution in [2.45, 2.75) is 6.92 Å². The van der Waals surface area contributed by atoms with Gasteiger partial charge in [0.05, 0.1) is 30.4 Å². The summed E-state index contributed by atoms with van der Waals surface area (Å²) in [5.74, 6) is 0.0263.